The minimum atomic E-state index is -0.201. The van der Waals surface area contributed by atoms with Crippen molar-refractivity contribution >= 4 is 17.1 Å². The molecule has 126 valence electrons. The molecule has 0 bridgehead atoms. The first-order chi connectivity index (χ1) is 11.1. The van der Waals surface area contributed by atoms with Crippen LogP contribution in [0.5, 0.6) is 0 Å². The maximum absolute atomic E-state index is 12.5. The van der Waals surface area contributed by atoms with E-state index >= 15 is 0 Å². The van der Waals surface area contributed by atoms with Crippen LogP contribution in [0, 0.1) is 5.92 Å². The standard InChI is InChI=1S/C17H26N4O2/c1-4-9-21(10-11-22)17(23)20-15(12(2)3)16-18-13-7-5-6-8-14(13)19-16/h5-8,12,15,22H,4,9-11H2,1-3H3,(H,18,19)(H,20,23). The van der Waals surface area contributed by atoms with Crippen LogP contribution in [0.15, 0.2) is 24.3 Å². The lowest BCUT2D eigenvalue weighted by Crippen LogP contribution is -2.44. The molecule has 6 nitrogen and oxygen atoms in total. The molecule has 0 fully saturated rings. The Labute approximate surface area is 136 Å². The number of aliphatic hydroxyl groups excluding tert-OH is 1. The highest BCUT2D eigenvalue weighted by molar-refractivity contribution is 5.76. The molecule has 1 unspecified atom stereocenters. The number of imidazole rings is 1. The number of hydrogen-bond donors (Lipinski definition) is 3. The Bertz CT molecular complexity index is 599. The summed E-state index contributed by atoms with van der Waals surface area (Å²) in [6, 6.07) is 7.45. The summed E-state index contributed by atoms with van der Waals surface area (Å²) in [5, 5.41) is 12.2. The van der Waals surface area contributed by atoms with E-state index in [4.69, 9.17) is 5.11 Å². The molecule has 2 aromatic rings. The van der Waals surface area contributed by atoms with Crippen molar-refractivity contribution < 1.29 is 9.90 Å². The molecule has 0 aliphatic carbocycles. The molecule has 1 heterocycles. The Morgan fingerprint density at radius 2 is 2.09 bits per heavy atom. The highest BCUT2D eigenvalue weighted by Crippen LogP contribution is 2.22. The van der Waals surface area contributed by atoms with Crippen molar-refractivity contribution in [3.8, 4) is 0 Å². The van der Waals surface area contributed by atoms with Gasteiger partial charge in [-0.05, 0) is 24.5 Å². The summed E-state index contributed by atoms with van der Waals surface area (Å²) in [4.78, 5) is 22.0. The summed E-state index contributed by atoms with van der Waals surface area (Å²) < 4.78 is 0. The van der Waals surface area contributed by atoms with E-state index in [0.29, 0.717) is 13.1 Å². The van der Waals surface area contributed by atoms with Gasteiger partial charge in [-0.1, -0.05) is 32.9 Å². The van der Waals surface area contributed by atoms with Crippen LogP contribution in [0.2, 0.25) is 0 Å². The van der Waals surface area contributed by atoms with E-state index < -0.39 is 0 Å². The number of para-hydroxylation sites is 2. The van der Waals surface area contributed by atoms with Gasteiger partial charge in [0.15, 0.2) is 0 Å². The Kier molecular flexibility index (Phi) is 5.98. The average Bonchev–Trinajstić information content (AvgIpc) is 2.95. The quantitative estimate of drug-likeness (QED) is 0.734. The lowest BCUT2D eigenvalue weighted by Gasteiger charge is -2.26. The number of H-pyrrole nitrogens is 1. The van der Waals surface area contributed by atoms with Gasteiger partial charge in [-0.15, -0.1) is 0 Å². The molecule has 2 amide bonds. The third-order valence-electron chi connectivity index (χ3n) is 3.80. The normalized spacial score (nSPS) is 12.6. The minimum Gasteiger partial charge on any atom is -0.395 e. The van der Waals surface area contributed by atoms with E-state index in [0.717, 1.165) is 23.3 Å². The summed E-state index contributed by atoms with van der Waals surface area (Å²) in [5.41, 5.74) is 1.85. The molecule has 0 spiro atoms. The Morgan fingerprint density at radius 3 is 2.70 bits per heavy atom. The lowest BCUT2D eigenvalue weighted by molar-refractivity contribution is 0.170. The zero-order valence-corrected chi connectivity index (χ0v) is 14.0. The van der Waals surface area contributed by atoms with Crippen LogP contribution in [0.4, 0.5) is 4.79 Å². The molecule has 0 saturated carbocycles. The lowest BCUT2D eigenvalue weighted by atomic mass is 10.0. The minimum absolute atomic E-state index is 0.0373. The van der Waals surface area contributed by atoms with Crippen LogP contribution < -0.4 is 5.32 Å². The fourth-order valence-electron chi connectivity index (χ4n) is 2.60. The number of aromatic amines is 1. The molecule has 0 aliphatic heterocycles. The van der Waals surface area contributed by atoms with Gasteiger partial charge in [0.1, 0.15) is 5.82 Å². The number of benzene rings is 1. The number of urea groups is 1. The van der Waals surface area contributed by atoms with E-state index in [1.165, 1.54) is 0 Å². The molecule has 0 aliphatic rings. The number of nitrogens with one attached hydrogen (secondary N) is 2. The monoisotopic (exact) mass is 318 g/mol. The van der Waals surface area contributed by atoms with Crippen molar-refractivity contribution in [3.63, 3.8) is 0 Å². The summed E-state index contributed by atoms with van der Waals surface area (Å²) in [6.45, 7) is 7.03. The molecule has 1 aromatic heterocycles. The van der Waals surface area contributed by atoms with E-state index in [-0.39, 0.29) is 24.6 Å². The van der Waals surface area contributed by atoms with Crippen LogP contribution in [0.25, 0.3) is 11.0 Å². The van der Waals surface area contributed by atoms with Gasteiger partial charge in [-0.25, -0.2) is 9.78 Å². The molecular weight excluding hydrogens is 292 g/mol. The maximum atomic E-state index is 12.5. The van der Waals surface area contributed by atoms with E-state index in [1.807, 2.05) is 45.0 Å². The van der Waals surface area contributed by atoms with Gasteiger partial charge in [0.05, 0.1) is 23.7 Å². The van der Waals surface area contributed by atoms with Crippen LogP contribution in [-0.2, 0) is 0 Å². The van der Waals surface area contributed by atoms with E-state index in [2.05, 4.69) is 15.3 Å². The molecule has 0 radical (unpaired) electrons. The van der Waals surface area contributed by atoms with Crippen LogP contribution in [-0.4, -0.2) is 45.7 Å². The van der Waals surface area contributed by atoms with Crippen LogP contribution >= 0.6 is 0 Å². The highest BCUT2D eigenvalue weighted by atomic mass is 16.3. The number of hydrogen-bond acceptors (Lipinski definition) is 3. The number of amides is 2. The Balaban J connectivity index is 2.19. The Hall–Kier alpha value is -2.08. The molecular formula is C17H26N4O2. The molecule has 1 atom stereocenters. The summed E-state index contributed by atoms with van der Waals surface area (Å²) in [7, 11) is 0. The first kappa shape index (κ1) is 17.3. The third kappa shape index (κ3) is 4.22. The first-order valence-corrected chi connectivity index (χ1v) is 8.17. The van der Waals surface area contributed by atoms with Gasteiger partial charge in [-0.2, -0.15) is 0 Å². The van der Waals surface area contributed by atoms with Crippen molar-refractivity contribution in [1.82, 2.24) is 20.2 Å². The topological polar surface area (TPSA) is 81.2 Å². The van der Waals surface area contributed by atoms with Gasteiger partial charge in [0.2, 0.25) is 0 Å². The second-order valence-corrected chi connectivity index (χ2v) is 6.02. The second-order valence-electron chi connectivity index (χ2n) is 6.02. The maximum Gasteiger partial charge on any atom is 0.318 e. The number of carbonyl (C=O) groups is 1. The fraction of sp³-hybridized carbons (Fsp3) is 0.529. The van der Waals surface area contributed by atoms with Gasteiger partial charge in [0.25, 0.3) is 0 Å². The van der Waals surface area contributed by atoms with Gasteiger partial charge in [-0.3, -0.25) is 0 Å². The zero-order valence-electron chi connectivity index (χ0n) is 14.0. The molecule has 23 heavy (non-hydrogen) atoms. The molecule has 2 rings (SSSR count). The van der Waals surface area contributed by atoms with Crippen LogP contribution in [0.1, 0.15) is 39.1 Å². The smallest absolute Gasteiger partial charge is 0.318 e. The molecule has 6 heteroatoms. The SMILES string of the molecule is CCCN(CCO)C(=O)NC(c1nc2ccccc2[nH]1)C(C)C. The van der Waals surface area contributed by atoms with Gasteiger partial charge >= 0.3 is 6.03 Å². The average molecular weight is 318 g/mol. The number of carbonyl (C=O) groups excluding carboxylic acids is 1. The largest absolute Gasteiger partial charge is 0.395 e. The highest BCUT2D eigenvalue weighted by Gasteiger charge is 2.24. The van der Waals surface area contributed by atoms with Gasteiger partial charge in [0, 0.05) is 13.1 Å². The summed E-state index contributed by atoms with van der Waals surface area (Å²) in [5.74, 6) is 0.951. The van der Waals surface area contributed by atoms with E-state index in [1.54, 1.807) is 4.90 Å². The number of nitrogens with zero attached hydrogens (tertiary/aromatic N) is 2. The Morgan fingerprint density at radius 1 is 1.35 bits per heavy atom. The first-order valence-electron chi connectivity index (χ1n) is 8.17. The molecule has 1 aromatic carbocycles. The number of aliphatic hydroxyl groups is 1. The second kappa shape index (κ2) is 7.97. The van der Waals surface area contributed by atoms with E-state index in [9.17, 15) is 4.79 Å². The zero-order chi connectivity index (χ0) is 16.8. The summed E-state index contributed by atoms with van der Waals surface area (Å²) >= 11 is 0. The van der Waals surface area contributed by atoms with Crippen molar-refractivity contribution in [2.24, 2.45) is 5.92 Å². The van der Waals surface area contributed by atoms with Gasteiger partial charge < -0.3 is 20.3 Å². The number of rotatable bonds is 7. The van der Waals surface area contributed by atoms with Crippen molar-refractivity contribution in [2.45, 2.75) is 33.2 Å². The fourth-order valence-corrected chi connectivity index (χ4v) is 2.60. The van der Waals surface area contributed by atoms with Crippen LogP contribution in [0.3, 0.4) is 0 Å². The predicted octanol–water partition coefficient (Wildman–Crippen LogP) is 2.67. The molecule has 0 saturated heterocycles. The summed E-state index contributed by atoms with van der Waals surface area (Å²) in [6.07, 6.45) is 0.852. The number of aromatic nitrogens is 2. The molecule has 3 N–H and O–H groups in total. The number of fused-ring (bicyclic) bond motifs is 1. The third-order valence-corrected chi connectivity index (χ3v) is 3.80. The van der Waals surface area contributed by atoms with Crippen molar-refractivity contribution in [1.29, 1.82) is 0 Å². The van der Waals surface area contributed by atoms with Crippen molar-refractivity contribution in [2.75, 3.05) is 19.7 Å². The van der Waals surface area contributed by atoms with Crippen molar-refractivity contribution in [3.05, 3.63) is 30.1 Å². The predicted molar refractivity (Wildman–Crippen MR) is 91.2 cm³/mol.